The number of nitrogens with zero attached hydrogens (tertiary/aromatic N) is 1. The summed E-state index contributed by atoms with van der Waals surface area (Å²) < 4.78 is 11.1. The number of ether oxygens (including phenoxy) is 2. The summed E-state index contributed by atoms with van der Waals surface area (Å²) in [5, 5.41) is 0. The Hall–Kier alpha value is -1.98. The smallest absolute Gasteiger partial charge is 0.334 e. The van der Waals surface area contributed by atoms with Gasteiger partial charge in [0.1, 0.15) is 12.5 Å². The van der Waals surface area contributed by atoms with Crippen molar-refractivity contribution in [1.29, 1.82) is 0 Å². The molecule has 0 fully saturated rings. The molecule has 2 heterocycles. The molecule has 0 atom stereocenters. The van der Waals surface area contributed by atoms with Crippen LogP contribution >= 0.6 is 0 Å². The lowest BCUT2D eigenvalue weighted by molar-refractivity contribution is -0.0871. The first-order valence-electron chi connectivity index (χ1n) is 3.96. The standard InChI is InChI=1S/C8H8N2O4/c1-5-4-10(7(12)9-6(5)11)8-13-2-3-14-8/h2-4,8H,1H3,(H,9,11,12). The molecule has 0 saturated carbocycles. The quantitative estimate of drug-likeness (QED) is 0.676. The maximum Gasteiger partial charge on any atom is 0.334 e. The van der Waals surface area contributed by atoms with E-state index >= 15 is 0 Å². The summed E-state index contributed by atoms with van der Waals surface area (Å²) in [5.41, 5.74) is -0.546. The highest BCUT2D eigenvalue weighted by Gasteiger charge is 2.16. The van der Waals surface area contributed by atoms with Crippen LogP contribution in [0, 0.1) is 6.92 Å². The van der Waals surface area contributed by atoms with E-state index in [4.69, 9.17) is 9.47 Å². The summed E-state index contributed by atoms with van der Waals surface area (Å²) in [5.74, 6) is 0. The zero-order valence-electron chi connectivity index (χ0n) is 7.39. The zero-order valence-corrected chi connectivity index (χ0v) is 7.39. The van der Waals surface area contributed by atoms with E-state index in [0.717, 1.165) is 4.57 Å². The average molecular weight is 196 g/mol. The van der Waals surface area contributed by atoms with Gasteiger partial charge in [-0.15, -0.1) is 0 Å². The molecule has 1 aromatic rings. The fraction of sp³-hybridized carbons (Fsp3) is 0.250. The maximum atomic E-state index is 11.3. The molecule has 0 aliphatic carbocycles. The van der Waals surface area contributed by atoms with Gasteiger partial charge in [-0.1, -0.05) is 0 Å². The number of H-pyrrole nitrogens is 1. The highest BCUT2D eigenvalue weighted by atomic mass is 16.7. The van der Waals surface area contributed by atoms with E-state index in [1.807, 2.05) is 0 Å². The van der Waals surface area contributed by atoms with E-state index in [9.17, 15) is 9.59 Å². The third-order valence-electron chi connectivity index (χ3n) is 1.82. The highest BCUT2D eigenvalue weighted by Crippen LogP contribution is 2.14. The Morgan fingerprint density at radius 2 is 2.00 bits per heavy atom. The van der Waals surface area contributed by atoms with Crippen molar-refractivity contribution < 1.29 is 9.47 Å². The topological polar surface area (TPSA) is 73.3 Å². The summed E-state index contributed by atoms with van der Waals surface area (Å²) >= 11 is 0. The van der Waals surface area contributed by atoms with Crippen molar-refractivity contribution in [2.24, 2.45) is 0 Å². The van der Waals surface area contributed by atoms with Crippen LogP contribution in [0.5, 0.6) is 0 Å². The molecule has 0 radical (unpaired) electrons. The van der Waals surface area contributed by atoms with Crippen molar-refractivity contribution in [2.45, 2.75) is 13.3 Å². The number of aromatic amines is 1. The van der Waals surface area contributed by atoms with E-state index in [0.29, 0.717) is 5.56 Å². The molecular weight excluding hydrogens is 188 g/mol. The van der Waals surface area contributed by atoms with Crippen LogP contribution in [0.1, 0.15) is 12.0 Å². The van der Waals surface area contributed by atoms with Gasteiger partial charge in [-0.2, -0.15) is 0 Å². The number of hydrogen-bond acceptors (Lipinski definition) is 4. The van der Waals surface area contributed by atoms with E-state index in [1.54, 1.807) is 6.92 Å². The summed E-state index contributed by atoms with van der Waals surface area (Å²) in [6.45, 7) is 1.59. The Morgan fingerprint density at radius 1 is 1.36 bits per heavy atom. The molecule has 74 valence electrons. The molecule has 14 heavy (non-hydrogen) atoms. The number of hydrogen-bond donors (Lipinski definition) is 1. The number of rotatable bonds is 1. The molecular formula is C8H8N2O4. The lowest BCUT2D eigenvalue weighted by atomic mass is 10.4. The van der Waals surface area contributed by atoms with Gasteiger partial charge in [0, 0.05) is 11.8 Å². The molecule has 0 unspecified atom stereocenters. The van der Waals surface area contributed by atoms with Crippen molar-refractivity contribution in [3.05, 3.63) is 45.1 Å². The third kappa shape index (κ3) is 1.30. The number of aromatic nitrogens is 2. The Morgan fingerprint density at radius 3 is 2.64 bits per heavy atom. The Balaban J connectivity index is 2.48. The second kappa shape index (κ2) is 3.06. The summed E-state index contributed by atoms with van der Waals surface area (Å²) in [7, 11) is 0. The second-order valence-electron chi connectivity index (χ2n) is 2.83. The third-order valence-corrected chi connectivity index (χ3v) is 1.82. The van der Waals surface area contributed by atoms with Gasteiger partial charge in [-0.25, -0.2) is 9.36 Å². The number of nitrogens with one attached hydrogen (secondary N) is 1. The SMILES string of the molecule is Cc1cn(C2OC=CO2)c(=O)[nH]c1=O. The van der Waals surface area contributed by atoms with Crippen LogP contribution in [0.25, 0.3) is 0 Å². The molecule has 0 spiro atoms. The molecule has 6 heteroatoms. The number of aryl methyl sites for hydroxylation is 1. The summed E-state index contributed by atoms with van der Waals surface area (Å²) in [4.78, 5) is 24.5. The Kier molecular flexibility index (Phi) is 1.88. The van der Waals surface area contributed by atoms with Gasteiger partial charge in [0.15, 0.2) is 0 Å². The van der Waals surface area contributed by atoms with E-state index in [-0.39, 0.29) is 0 Å². The monoisotopic (exact) mass is 196 g/mol. The van der Waals surface area contributed by atoms with E-state index in [1.165, 1.54) is 18.7 Å². The van der Waals surface area contributed by atoms with Gasteiger partial charge in [-0.3, -0.25) is 9.78 Å². The van der Waals surface area contributed by atoms with Crippen molar-refractivity contribution >= 4 is 0 Å². The zero-order chi connectivity index (χ0) is 10.1. The van der Waals surface area contributed by atoms with E-state index < -0.39 is 17.7 Å². The molecule has 0 bridgehead atoms. The minimum Gasteiger partial charge on any atom is -0.442 e. The van der Waals surface area contributed by atoms with Crippen LogP contribution in [0.2, 0.25) is 0 Å². The minimum absolute atomic E-state index is 0.405. The van der Waals surface area contributed by atoms with Crippen LogP contribution in [0.4, 0.5) is 0 Å². The van der Waals surface area contributed by atoms with Crippen molar-refractivity contribution in [1.82, 2.24) is 9.55 Å². The fourth-order valence-electron chi connectivity index (χ4n) is 1.10. The van der Waals surface area contributed by atoms with Gasteiger partial charge < -0.3 is 9.47 Å². The predicted molar refractivity (Wildman–Crippen MR) is 46.4 cm³/mol. The largest absolute Gasteiger partial charge is 0.442 e. The van der Waals surface area contributed by atoms with Crippen LogP contribution in [0.3, 0.4) is 0 Å². The average Bonchev–Trinajstić information content (AvgIpc) is 2.64. The first kappa shape index (κ1) is 8.61. The van der Waals surface area contributed by atoms with E-state index in [2.05, 4.69) is 4.98 Å². The molecule has 1 aliphatic rings. The van der Waals surface area contributed by atoms with Crippen molar-refractivity contribution in [3.8, 4) is 0 Å². The minimum atomic E-state index is -0.821. The van der Waals surface area contributed by atoms with Crippen LogP contribution in [0.15, 0.2) is 28.3 Å². The van der Waals surface area contributed by atoms with Crippen LogP contribution < -0.4 is 11.2 Å². The molecule has 0 aromatic carbocycles. The first-order valence-corrected chi connectivity index (χ1v) is 3.96. The Bertz CT molecular complexity index is 477. The maximum absolute atomic E-state index is 11.3. The molecule has 2 rings (SSSR count). The summed E-state index contributed by atoms with van der Waals surface area (Å²) in [6, 6.07) is 0. The van der Waals surface area contributed by atoms with Gasteiger partial charge in [-0.05, 0) is 6.92 Å². The van der Waals surface area contributed by atoms with Crippen LogP contribution in [-0.4, -0.2) is 9.55 Å². The van der Waals surface area contributed by atoms with Gasteiger partial charge in [0.2, 0.25) is 0 Å². The molecule has 0 saturated heterocycles. The Labute approximate surface area is 78.4 Å². The predicted octanol–water partition coefficient (Wildman–Crippen LogP) is -0.181. The fourth-order valence-corrected chi connectivity index (χ4v) is 1.10. The van der Waals surface area contributed by atoms with Gasteiger partial charge in [0.25, 0.3) is 5.56 Å². The highest BCUT2D eigenvalue weighted by molar-refractivity contribution is 5.01. The molecule has 6 nitrogen and oxygen atoms in total. The lowest BCUT2D eigenvalue weighted by Crippen LogP contribution is -2.33. The normalized spacial score (nSPS) is 15.2. The second-order valence-corrected chi connectivity index (χ2v) is 2.83. The van der Waals surface area contributed by atoms with Gasteiger partial charge in [0.05, 0.1) is 0 Å². The molecule has 1 aliphatic heterocycles. The van der Waals surface area contributed by atoms with Crippen LogP contribution in [-0.2, 0) is 9.47 Å². The van der Waals surface area contributed by atoms with Gasteiger partial charge >= 0.3 is 12.1 Å². The van der Waals surface area contributed by atoms with Crippen molar-refractivity contribution in [3.63, 3.8) is 0 Å². The summed E-state index contributed by atoms with van der Waals surface area (Å²) in [6.07, 6.45) is 3.23. The molecule has 0 amide bonds. The van der Waals surface area contributed by atoms with Crippen molar-refractivity contribution in [2.75, 3.05) is 0 Å². The molecule has 1 N–H and O–H groups in total. The molecule has 1 aromatic heterocycles. The first-order chi connectivity index (χ1) is 6.68. The lowest BCUT2D eigenvalue weighted by Gasteiger charge is -2.12.